The molecular formula is C14H14Cl2FN3O. The summed E-state index contributed by atoms with van der Waals surface area (Å²) >= 11 is 5.94. The lowest BCUT2D eigenvalue weighted by Gasteiger charge is -2.18. The maximum Gasteiger partial charge on any atom is 0.252 e. The Morgan fingerprint density at radius 2 is 2.10 bits per heavy atom. The molecule has 0 aliphatic rings. The number of aromatic nitrogens is 1. The molecule has 1 atom stereocenters. The first-order chi connectivity index (χ1) is 9.40. The molecule has 1 aromatic heterocycles. The Balaban J connectivity index is 0.00000220. The predicted molar refractivity (Wildman–Crippen MR) is 81.3 cm³/mol. The second kappa shape index (κ2) is 6.74. The van der Waals surface area contributed by atoms with Crippen molar-refractivity contribution < 1.29 is 9.18 Å². The van der Waals surface area contributed by atoms with Crippen molar-refractivity contribution in [3.8, 4) is 0 Å². The van der Waals surface area contributed by atoms with E-state index in [-0.39, 0.29) is 40.3 Å². The van der Waals surface area contributed by atoms with E-state index in [4.69, 9.17) is 22.7 Å². The van der Waals surface area contributed by atoms with E-state index in [9.17, 15) is 9.18 Å². The number of halogens is 3. The summed E-state index contributed by atoms with van der Waals surface area (Å²) < 4.78 is 14.8. The molecule has 0 aliphatic heterocycles. The van der Waals surface area contributed by atoms with E-state index in [0.717, 1.165) is 0 Å². The minimum Gasteiger partial charge on any atom is -0.365 e. The molecule has 1 amide bonds. The fourth-order valence-electron chi connectivity index (χ4n) is 2.00. The summed E-state index contributed by atoms with van der Waals surface area (Å²) in [7, 11) is 0. The summed E-state index contributed by atoms with van der Waals surface area (Å²) in [6.07, 6.45) is 1.52. The highest BCUT2D eigenvalue weighted by atomic mass is 35.5. The molecule has 0 bridgehead atoms. The van der Waals surface area contributed by atoms with E-state index >= 15 is 0 Å². The van der Waals surface area contributed by atoms with Crippen LogP contribution in [0.2, 0.25) is 5.02 Å². The van der Waals surface area contributed by atoms with Gasteiger partial charge in [-0.1, -0.05) is 23.7 Å². The van der Waals surface area contributed by atoms with E-state index < -0.39 is 5.91 Å². The Labute approximate surface area is 132 Å². The van der Waals surface area contributed by atoms with Crippen LogP contribution in [-0.4, -0.2) is 10.5 Å². The van der Waals surface area contributed by atoms with Crippen LogP contribution in [0.25, 0.3) is 0 Å². The number of carbonyl (C=O) groups excluding carboxylic acids is 1. The number of hydrogen-bond donors (Lipinski definition) is 2. The molecular weight excluding hydrogens is 316 g/mol. The van der Waals surface area contributed by atoms with Gasteiger partial charge in [0.15, 0.2) is 0 Å². The topological polar surface area (TPSA) is 71.9 Å². The third kappa shape index (κ3) is 3.62. The molecule has 2 rings (SSSR count). The number of nitrogens with zero attached hydrogens (tertiary/aromatic N) is 1. The van der Waals surface area contributed by atoms with Crippen LogP contribution in [0.3, 0.4) is 0 Å². The van der Waals surface area contributed by atoms with Crippen LogP contribution < -0.4 is 11.2 Å². The Morgan fingerprint density at radius 1 is 1.43 bits per heavy atom. The molecule has 4 nitrogen and oxygen atoms in total. The number of amides is 1. The minimum atomic E-state index is -0.724. The van der Waals surface area contributed by atoms with Crippen LogP contribution in [0.5, 0.6) is 0 Å². The van der Waals surface area contributed by atoms with Gasteiger partial charge in [-0.25, -0.2) is 4.39 Å². The average molecular weight is 330 g/mol. The van der Waals surface area contributed by atoms with Crippen molar-refractivity contribution in [1.29, 1.82) is 5.41 Å². The number of rotatable bonds is 3. The van der Waals surface area contributed by atoms with E-state index in [1.807, 2.05) is 0 Å². The lowest BCUT2D eigenvalue weighted by Crippen LogP contribution is -2.31. The van der Waals surface area contributed by atoms with Gasteiger partial charge in [-0.05, 0) is 30.7 Å². The van der Waals surface area contributed by atoms with Crippen molar-refractivity contribution in [3.63, 3.8) is 0 Å². The van der Waals surface area contributed by atoms with Gasteiger partial charge in [0, 0.05) is 6.20 Å². The molecule has 1 aromatic carbocycles. The lowest BCUT2D eigenvalue weighted by atomic mass is 10.1. The Hall–Kier alpha value is -1.85. The number of nitrogens with one attached hydrogen (secondary N) is 1. The number of carbonyl (C=O) groups is 1. The number of primary amides is 1. The highest BCUT2D eigenvalue weighted by Crippen LogP contribution is 2.19. The van der Waals surface area contributed by atoms with Crippen LogP contribution in [0, 0.1) is 11.2 Å². The highest BCUT2D eigenvalue weighted by molar-refractivity contribution is 6.30. The van der Waals surface area contributed by atoms with Crippen molar-refractivity contribution in [3.05, 3.63) is 64.0 Å². The quantitative estimate of drug-likeness (QED) is 0.892. The molecule has 0 saturated heterocycles. The van der Waals surface area contributed by atoms with Gasteiger partial charge < -0.3 is 10.3 Å². The van der Waals surface area contributed by atoms with Gasteiger partial charge in [-0.3, -0.25) is 10.2 Å². The maximum absolute atomic E-state index is 13.3. The molecule has 0 spiro atoms. The number of pyridine rings is 1. The maximum atomic E-state index is 13.3. The molecule has 1 heterocycles. The second-order valence-corrected chi connectivity index (χ2v) is 4.86. The van der Waals surface area contributed by atoms with Crippen LogP contribution in [0.4, 0.5) is 4.39 Å². The third-order valence-electron chi connectivity index (χ3n) is 3.07. The SMILES string of the molecule is CC(c1cccc(F)c1)n1cc(Cl)cc(C(N)=O)c1=N.Cl. The van der Waals surface area contributed by atoms with Crippen molar-refractivity contribution in [1.82, 2.24) is 4.57 Å². The first-order valence-electron chi connectivity index (χ1n) is 5.91. The molecule has 0 radical (unpaired) electrons. The lowest BCUT2D eigenvalue weighted by molar-refractivity contribution is 0.0997. The van der Waals surface area contributed by atoms with Gasteiger partial charge in [-0.15, -0.1) is 12.4 Å². The fraction of sp³-hybridized carbons (Fsp3) is 0.143. The van der Waals surface area contributed by atoms with Crippen LogP contribution in [0.1, 0.15) is 28.9 Å². The largest absolute Gasteiger partial charge is 0.365 e. The van der Waals surface area contributed by atoms with Crippen molar-refractivity contribution in [2.75, 3.05) is 0 Å². The molecule has 0 fully saturated rings. The standard InChI is InChI=1S/C14H13ClFN3O.ClH/c1-8(9-3-2-4-11(16)5-9)19-7-10(15)6-12(13(19)17)14(18)20;/h2-8,17H,1H3,(H2,18,20);1H. The van der Waals surface area contributed by atoms with Crippen molar-refractivity contribution in [2.24, 2.45) is 5.73 Å². The molecule has 7 heteroatoms. The summed E-state index contributed by atoms with van der Waals surface area (Å²) in [5, 5.41) is 8.31. The molecule has 0 aliphatic carbocycles. The van der Waals surface area contributed by atoms with Crippen molar-refractivity contribution in [2.45, 2.75) is 13.0 Å². The Bertz CT molecular complexity index is 730. The predicted octanol–water partition coefficient (Wildman–Crippen LogP) is 2.89. The summed E-state index contributed by atoms with van der Waals surface area (Å²) in [6.45, 7) is 1.79. The number of hydrogen-bond acceptors (Lipinski definition) is 2. The molecule has 0 saturated carbocycles. The van der Waals surface area contributed by atoms with Gasteiger partial charge >= 0.3 is 0 Å². The molecule has 1 unspecified atom stereocenters. The van der Waals surface area contributed by atoms with E-state index in [0.29, 0.717) is 5.56 Å². The first kappa shape index (κ1) is 17.2. The van der Waals surface area contributed by atoms with Gasteiger partial charge in [0.05, 0.1) is 16.6 Å². The van der Waals surface area contributed by atoms with Gasteiger partial charge in [0.2, 0.25) is 0 Å². The summed E-state index contributed by atoms with van der Waals surface area (Å²) in [6, 6.07) is 7.05. The van der Waals surface area contributed by atoms with Crippen LogP contribution in [-0.2, 0) is 0 Å². The van der Waals surface area contributed by atoms with E-state index in [2.05, 4.69) is 0 Å². The first-order valence-corrected chi connectivity index (χ1v) is 6.29. The third-order valence-corrected chi connectivity index (χ3v) is 3.28. The molecule has 3 N–H and O–H groups in total. The zero-order valence-corrected chi connectivity index (χ0v) is 12.7. The van der Waals surface area contributed by atoms with E-state index in [1.54, 1.807) is 19.1 Å². The second-order valence-electron chi connectivity index (χ2n) is 4.42. The van der Waals surface area contributed by atoms with Crippen LogP contribution >= 0.6 is 24.0 Å². The monoisotopic (exact) mass is 329 g/mol. The highest BCUT2D eigenvalue weighted by Gasteiger charge is 2.14. The smallest absolute Gasteiger partial charge is 0.252 e. The number of nitrogens with two attached hydrogens (primary N) is 1. The van der Waals surface area contributed by atoms with Crippen LogP contribution in [0.15, 0.2) is 36.5 Å². The zero-order valence-electron chi connectivity index (χ0n) is 11.1. The van der Waals surface area contributed by atoms with Crippen molar-refractivity contribution >= 4 is 29.9 Å². The fourth-order valence-corrected chi connectivity index (χ4v) is 2.21. The van der Waals surface area contributed by atoms with Gasteiger partial charge in [0.25, 0.3) is 5.91 Å². The molecule has 21 heavy (non-hydrogen) atoms. The normalized spacial score (nSPS) is 11.6. The average Bonchev–Trinajstić information content (AvgIpc) is 2.40. The number of benzene rings is 1. The summed E-state index contributed by atoms with van der Waals surface area (Å²) in [5.74, 6) is -1.09. The minimum absolute atomic E-state index is 0. The molecule has 112 valence electrons. The molecule has 2 aromatic rings. The van der Waals surface area contributed by atoms with E-state index in [1.165, 1.54) is 29.0 Å². The van der Waals surface area contributed by atoms with Gasteiger partial charge in [-0.2, -0.15) is 0 Å². The Morgan fingerprint density at radius 3 is 2.67 bits per heavy atom. The van der Waals surface area contributed by atoms with Gasteiger partial charge in [0.1, 0.15) is 11.3 Å². The Kier molecular flexibility index (Phi) is 5.52. The summed E-state index contributed by atoms with van der Waals surface area (Å²) in [4.78, 5) is 11.3. The summed E-state index contributed by atoms with van der Waals surface area (Å²) in [5.41, 5.74) is 5.86. The zero-order chi connectivity index (χ0) is 14.9.